The van der Waals surface area contributed by atoms with Crippen LogP contribution >= 0.6 is 45.3 Å². The summed E-state index contributed by atoms with van der Waals surface area (Å²) in [4.78, 5) is 6.06. The number of rotatable bonds is 0. The first kappa shape index (κ1) is 60.6. The standard InChI is InChI=1S/C17H18S.C15H20S.2C14H18S.C13H16O/c1-11-14-9-12-7-5-6-8-13(12)10-15(14)18-16(11)17(2,3)4;1-9-7-12-11(3)14(15(4,5)6)16-13(12)8-10(9)2;1-9-6-7-12-11(8-9)10(2)13(15-12)14(3,4)5;1-9-6-7-11-10(2)13(14(3,4)5)15-12(11)8-9;1-9-10-7-5-6-8-11(10)14-12(9)13(2,3)4/h5-10H,1-4H3;7-8H,1-6H3;2*6-8H,1-5H3;5-8H,1-4H3. The van der Waals surface area contributed by atoms with E-state index in [0.29, 0.717) is 0 Å². The van der Waals surface area contributed by atoms with Gasteiger partial charge in [-0.25, -0.2) is 0 Å². The van der Waals surface area contributed by atoms with Gasteiger partial charge in [0.25, 0.3) is 0 Å². The quantitative estimate of drug-likeness (QED) is 0.147. The van der Waals surface area contributed by atoms with E-state index in [1.54, 1.807) is 0 Å². The van der Waals surface area contributed by atoms with Crippen molar-refractivity contribution in [1.29, 1.82) is 0 Å². The lowest BCUT2D eigenvalue weighted by atomic mass is 9.90. The summed E-state index contributed by atoms with van der Waals surface area (Å²) in [6, 6.07) is 39.7. The van der Waals surface area contributed by atoms with E-state index >= 15 is 0 Å². The Morgan fingerprint density at radius 2 is 0.679 bits per heavy atom. The molecular formula is C73H90OS4. The molecule has 0 bridgehead atoms. The summed E-state index contributed by atoms with van der Waals surface area (Å²) in [5.74, 6) is 1.10. The molecule has 5 aromatic heterocycles. The molecule has 5 heterocycles. The summed E-state index contributed by atoms with van der Waals surface area (Å²) >= 11 is 7.78. The fourth-order valence-electron chi connectivity index (χ4n) is 10.8. The number of hydrogen-bond acceptors (Lipinski definition) is 5. The largest absolute Gasteiger partial charge is 0.460 e. The van der Waals surface area contributed by atoms with Crippen molar-refractivity contribution in [3.8, 4) is 0 Å². The van der Waals surface area contributed by atoms with Gasteiger partial charge in [-0.15, -0.1) is 45.3 Å². The van der Waals surface area contributed by atoms with Gasteiger partial charge in [-0.1, -0.05) is 182 Å². The Morgan fingerprint density at radius 3 is 1.18 bits per heavy atom. The molecule has 11 rings (SSSR count). The van der Waals surface area contributed by atoms with Crippen molar-refractivity contribution in [2.24, 2.45) is 0 Å². The van der Waals surface area contributed by atoms with Crippen molar-refractivity contribution in [1.82, 2.24) is 0 Å². The molecule has 78 heavy (non-hydrogen) atoms. The summed E-state index contributed by atoms with van der Waals surface area (Å²) in [5.41, 5.74) is 14.7. The molecule has 0 atom stereocenters. The first-order valence-electron chi connectivity index (χ1n) is 28.0. The third-order valence-electron chi connectivity index (χ3n) is 14.8. The highest BCUT2D eigenvalue weighted by molar-refractivity contribution is 7.20. The van der Waals surface area contributed by atoms with Crippen LogP contribution in [0.5, 0.6) is 0 Å². The van der Waals surface area contributed by atoms with Crippen molar-refractivity contribution in [2.75, 3.05) is 0 Å². The van der Waals surface area contributed by atoms with E-state index in [0.717, 1.165) is 11.3 Å². The van der Waals surface area contributed by atoms with Gasteiger partial charge in [0, 0.05) is 49.1 Å². The van der Waals surface area contributed by atoms with Gasteiger partial charge in [-0.2, -0.15) is 0 Å². The molecule has 0 saturated heterocycles. The second kappa shape index (κ2) is 22.8. The molecule has 0 aliphatic rings. The summed E-state index contributed by atoms with van der Waals surface area (Å²) in [6.45, 7) is 53.9. The van der Waals surface area contributed by atoms with Crippen LogP contribution in [0.15, 0.2) is 114 Å². The lowest BCUT2D eigenvalue weighted by Gasteiger charge is -2.17. The third-order valence-corrected chi connectivity index (χ3v) is 21.5. The lowest BCUT2D eigenvalue weighted by molar-refractivity contribution is 0.426. The van der Waals surface area contributed by atoms with Gasteiger partial charge in [0.2, 0.25) is 0 Å². The zero-order chi connectivity index (χ0) is 57.8. The number of furan rings is 1. The van der Waals surface area contributed by atoms with Gasteiger partial charge >= 0.3 is 0 Å². The lowest BCUT2D eigenvalue weighted by Crippen LogP contribution is -2.10. The number of hydrogen-bond donors (Lipinski definition) is 0. The SMILES string of the molecule is Cc1c(C(C)(C)C)oc2ccccc12.Cc1c(C(C)(C)C)sc2cc3ccccc3cc12.Cc1cc2sc(C(C)(C)C)c(C)c2cc1C.Cc1ccc2c(C)c(C(C)(C)C)sc2c1.Cc1ccc2sc(C(C)(C)C)c(C)c2c1. The number of thiophene rings is 4. The van der Waals surface area contributed by atoms with Crippen LogP contribution in [-0.4, -0.2) is 0 Å². The smallest absolute Gasteiger partial charge is 0.134 e. The molecule has 11 aromatic rings. The minimum atomic E-state index is 0.0864. The molecular weight excluding hydrogens is 1020 g/mol. The van der Waals surface area contributed by atoms with E-state index in [1.165, 1.54) is 126 Å². The maximum absolute atomic E-state index is 5.86. The molecule has 412 valence electrons. The molecule has 0 aliphatic carbocycles. The Hall–Kier alpha value is -5.04. The molecule has 0 unspecified atom stereocenters. The van der Waals surface area contributed by atoms with Crippen molar-refractivity contribution in [2.45, 2.75) is 193 Å². The van der Waals surface area contributed by atoms with Crippen LogP contribution in [0.4, 0.5) is 0 Å². The van der Waals surface area contributed by atoms with Crippen LogP contribution in [0.25, 0.3) is 62.1 Å². The maximum atomic E-state index is 5.86. The van der Waals surface area contributed by atoms with E-state index in [1.807, 2.05) is 57.5 Å². The van der Waals surface area contributed by atoms with Crippen molar-refractivity contribution in [3.05, 3.63) is 185 Å². The van der Waals surface area contributed by atoms with Gasteiger partial charge in [0.15, 0.2) is 0 Å². The molecule has 0 aliphatic heterocycles. The van der Waals surface area contributed by atoms with Crippen LogP contribution in [0, 0.1) is 62.3 Å². The minimum Gasteiger partial charge on any atom is -0.460 e. The number of aryl methyl sites for hydroxylation is 9. The fraction of sp³-hybridized carbons (Fsp3) is 0.397. The molecule has 0 radical (unpaired) electrons. The molecule has 6 aromatic carbocycles. The highest BCUT2D eigenvalue weighted by Crippen LogP contribution is 2.43. The number of fused-ring (bicyclic) bond motifs is 6. The zero-order valence-corrected chi connectivity index (χ0v) is 55.2. The highest BCUT2D eigenvalue weighted by atomic mass is 32.1. The minimum absolute atomic E-state index is 0.0864. The van der Waals surface area contributed by atoms with Crippen molar-refractivity contribution < 1.29 is 4.42 Å². The second-order valence-corrected chi connectivity index (χ2v) is 31.4. The third kappa shape index (κ3) is 13.4. The van der Waals surface area contributed by atoms with Crippen molar-refractivity contribution in [3.63, 3.8) is 0 Å². The van der Waals surface area contributed by atoms with Gasteiger partial charge in [-0.3, -0.25) is 0 Å². The van der Waals surface area contributed by atoms with Crippen LogP contribution < -0.4 is 0 Å². The molecule has 0 spiro atoms. The topological polar surface area (TPSA) is 13.1 Å². The monoisotopic (exact) mass is 1110 g/mol. The van der Waals surface area contributed by atoms with E-state index < -0.39 is 0 Å². The number of para-hydroxylation sites is 1. The Kier molecular flexibility index (Phi) is 17.7. The van der Waals surface area contributed by atoms with Crippen LogP contribution in [0.3, 0.4) is 0 Å². The van der Waals surface area contributed by atoms with Gasteiger partial charge < -0.3 is 4.42 Å². The molecule has 0 amide bonds. The predicted octanol–water partition coefficient (Wildman–Crippen LogP) is 24.5. The first-order valence-corrected chi connectivity index (χ1v) is 31.2. The molecule has 0 saturated carbocycles. The summed E-state index contributed by atoms with van der Waals surface area (Å²) in [7, 11) is 0. The Balaban J connectivity index is 0.000000142. The number of benzene rings is 6. The molecule has 1 nitrogen and oxygen atoms in total. The Morgan fingerprint density at radius 1 is 0.295 bits per heavy atom. The molecule has 0 N–H and O–H groups in total. The van der Waals surface area contributed by atoms with Gasteiger partial charge in [0.1, 0.15) is 11.3 Å². The Labute approximate surface area is 486 Å². The normalized spacial score (nSPS) is 12.4. The second-order valence-electron chi connectivity index (χ2n) is 27.2. The van der Waals surface area contributed by atoms with E-state index in [2.05, 4.69) is 263 Å². The first-order chi connectivity index (χ1) is 36.1. The van der Waals surface area contributed by atoms with E-state index in [-0.39, 0.29) is 27.1 Å². The van der Waals surface area contributed by atoms with E-state index in [9.17, 15) is 0 Å². The Bertz CT molecular complexity index is 3900. The van der Waals surface area contributed by atoms with E-state index in [4.69, 9.17) is 4.42 Å². The molecule has 0 fully saturated rings. The van der Waals surface area contributed by atoms with Gasteiger partial charge in [-0.05, 0) is 197 Å². The summed E-state index contributed by atoms with van der Waals surface area (Å²) in [5, 5.41) is 9.64. The van der Waals surface area contributed by atoms with Crippen LogP contribution in [0.1, 0.15) is 179 Å². The summed E-state index contributed by atoms with van der Waals surface area (Å²) < 4.78 is 11.6. The fourth-order valence-corrected chi connectivity index (χ4v) is 16.1. The average Bonchev–Trinajstić information content (AvgIpc) is 4.21. The predicted molar refractivity (Wildman–Crippen MR) is 357 cm³/mol. The van der Waals surface area contributed by atoms with Crippen LogP contribution in [0.2, 0.25) is 0 Å². The average molecular weight is 1110 g/mol. The zero-order valence-electron chi connectivity index (χ0n) is 51.9. The highest BCUT2D eigenvalue weighted by Gasteiger charge is 2.25. The van der Waals surface area contributed by atoms with Gasteiger partial charge in [0.05, 0.1) is 0 Å². The van der Waals surface area contributed by atoms with Crippen LogP contribution in [-0.2, 0) is 27.1 Å². The summed E-state index contributed by atoms with van der Waals surface area (Å²) in [6.07, 6.45) is 0. The van der Waals surface area contributed by atoms with Crippen molar-refractivity contribution >= 4 is 107 Å². The molecule has 5 heteroatoms. The maximum Gasteiger partial charge on any atom is 0.134 e.